The maximum atomic E-state index is 14.3. The number of ether oxygens (including phenoxy) is 1. The van der Waals surface area contributed by atoms with E-state index in [1.807, 2.05) is 0 Å². The van der Waals surface area contributed by atoms with Crippen molar-refractivity contribution in [2.24, 2.45) is 5.92 Å². The van der Waals surface area contributed by atoms with Gasteiger partial charge >= 0.3 is 0 Å². The first-order valence-corrected chi connectivity index (χ1v) is 15.2. The van der Waals surface area contributed by atoms with Gasteiger partial charge in [0, 0.05) is 43.2 Å². The summed E-state index contributed by atoms with van der Waals surface area (Å²) in [7, 11) is 1.71. The van der Waals surface area contributed by atoms with Crippen LogP contribution in [0.1, 0.15) is 69.8 Å². The molecule has 5 rings (SSSR count). The molecule has 1 aromatic carbocycles. The van der Waals surface area contributed by atoms with Gasteiger partial charge in [-0.1, -0.05) is 19.3 Å². The molecule has 3 amide bonds. The summed E-state index contributed by atoms with van der Waals surface area (Å²) >= 11 is 0. The molecule has 0 bridgehead atoms. The summed E-state index contributed by atoms with van der Waals surface area (Å²) < 4.78 is 33.3. The lowest BCUT2D eigenvalue weighted by Crippen LogP contribution is -2.66. The van der Waals surface area contributed by atoms with E-state index in [2.05, 4.69) is 20.9 Å². The van der Waals surface area contributed by atoms with Crippen molar-refractivity contribution in [2.75, 3.05) is 39.8 Å². The number of carbonyl (C=O) groups excluding carboxylic acids is 3. The summed E-state index contributed by atoms with van der Waals surface area (Å²) in [5.74, 6) is -2.49. The fraction of sp³-hybridized carbons (Fsp3) is 0.700. The van der Waals surface area contributed by atoms with Gasteiger partial charge in [0.15, 0.2) is 11.6 Å². The van der Waals surface area contributed by atoms with E-state index in [0.717, 1.165) is 63.6 Å². The molecular formula is C30H43F2N5O4. The van der Waals surface area contributed by atoms with Crippen LogP contribution in [0.2, 0.25) is 0 Å². The average Bonchev–Trinajstić information content (AvgIpc) is 3.46. The Kier molecular flexibility index (Phi) is 9.43. The molecule has 0 aromatic heterocycles. The molecule has 4 aliphatic rings. The lowest BCUT2D eigenvalue weighted by atomic mass is 9.82. The molecule has 3 N–H and O–H groups in total. The molecule has 5 unspecified atom stereocenters. The number of amides is 3. The highest BCUT2D eigenvalue weighted by Crippen LogP contribution is 2.35. The molecule has 1 aliphatic carbocycles. The second kappa shape index (κ2) is 13.0. The highest BCUT2D eigenvalue weighted by molar-refractivity contribution is 5.93. The van der Waals surface area contributed by atoms with Crippen LogP contribution in [-0.4, -0.2) is 91.5 Å². The molecule has 3 heterocycles. The highest BCUT2D eigenvalue weighted by atomic mass is 19.2. The van der Waals surface area contributed by atoms with Crippen molar-refractivity contribution >= 4 is 17.7 Å². The van der Waals surface area contributed by atoms with Crippen LogP contribution in [0.5, 0.6) is 5.75 Å². The van der Waals surface area contributed by atoms with Crippen molar-refractivity contribution in [3.05, 3.63) is 29.3 Å². The average molecular weight is 576 g/mol. The minimum absolute atomic E-state index is 0.0311. The number of halogens is 2. The van der Waals surface area contributed by atoms with Crippen LogP contribution in [-0.2, 0) is 14.4 Å². The van der Waals surface area contributed by atoms with Crippen molar-refractivity contribution in [1.82, 2.24) is 25.8 Å². The van der Waals surface area contributed by atoms with E-state index in [-0.39, 0.29) is 42.1 Å². The third-order valence-electron chi connectivity index (χ3n) is 9.53. The standard InChI is InChI=1S/C30H43F2N5O4/c1-18(33-2)28(38)35-27(19-7-4-3-5-8-19)30(40)37-16-21-9-6-11-36(21)17-25(37)29(39)34-15-20-10-12-41-26-14-24(32)23(31)13-22(20)26/h13-14,18-21,25,27,33H,3-12,15-17H2,1-2H3,(H,34,39)(H,35,38). The normalized spacial score (nSPS) is 26.3. The number of benzene rings is 1. The summed E-state index contributed by atoms with van der Waals surface area (Å²) in [5.41, 5.74) is 0.533. The molecular weight excluding hydrogens is 532 g/mol. The Labute approximate surface area is 240 Å². The Morgan fingerprint density at radius 3 is 2.54 bits per heavy atom. The first kappa shape index (κ1) is 29.7. The fourth-order valence-corrected chi connectivity index (χ4v) is 6.93. The Balaban J connectivity index is 1.34. The van der Waals surface area contributed by atoms with Crippen molar-refractivity contribution in [1.29, 1.82) is 0 Å². The minimum atomic E-state index is -0.964. The SMILES string of the molecule is CNC(C)C(=O)NC(C(=O)N1CC2CCCN2CC1C(=O)NCC1CCOc2cc(F)c(F)cc21)C1CCCCC1. The zero-order valence-electron chi connectivity index (χ0n) is 24.1. The van der Waals surface area contributed by atoms with E-state index in [9.17, 15) is 23.2 Å². The number of carbonyl (C=O) groups is 3. The van der Waals surface area contributed by atoms with Gasteiger partial charge in [-0.2, -0.15) is 0 Å². The monoisotopic (exact) mass is 575 g/mol. The Morgan fingerprint density at radius 1 is 1.02 bits per heavy atom. The molecule has 0 spiro atoms. The second-order valence-electron chi connectivity index (χ2n) is 12.1. The summed E-state index contributed by atoms with van der Waals surface area (Å²) in [5, 5.41) is 9.01. The Morgan fingerprint density at radius 2 is 1.78 bits per heavy atom. The molecule has 41 heavy (non-hydrogen) atoms. The number of nitrogens with one attached hydrogen (secondary N) is 3. The Hall–Kier alpha value is -2.79. The molecule has 3 fully saturated rings. The van der Waals surface area contributed by atoms with Crippen LogP contribution in [0.4, 0.5) is 8.78 Å². The van der Waals surface area contributed by atoms with Crippen molar-refractivity contribution in [3.63, 3.8) is 0 Å². The maximum Gasteiger partial charge on any atom is 0.246 e. The van der Waals surface area contributed by atoms with Gasteiger partial charge in [0.25, 0.3) is 0 Å². The van der Waals surface area contributed by atoms with Crippen LogP contribution in [0.15, 0.2) is 12.1 Å². The smallest absolute Gasteiger partial charge is 0.246 e. The number of fused-ring (bicyclic) bond motifs is 2. The van der Waals surface area contributed by atoms with Gasteiger partial charge in [-0.3, -0.25) is 19.3 Å². The van der Waals surface area contributed by atoms with Gasteiger partial charge in [-0.05, 0) is 64.6 Å². The van der Waals surface area contributed by atoms with E-state index >= 15 is 0 Å². The largest absolute Gasteiger partial charge is 0.493 e. The summed E-state index contributed by atoms with van der Waals surface area (Å²) in [6, 6.07) is 0.577. The number of likely N-dealkylation sites (N-methyl/N-ethyl adjacent to an activating group) is 1. The van der Waals surface area contributed by atoms with Crippen LogP contribution >= 0.6 is 0 Å². The van der Waals surface area contributed by atoms with Gasteiger partial charge < -0.3 is 25.6 Å². The Bertz CT molecular complexity index is 1130. The molecule has 2 saturated heterocycles. The molecule has 5 atom stereocenters. The second-order valence-corrected chi connectivity index (χ2v) is 12.1. The van der Waals surface area contributed by atoms with Gasteiger partial charge in [0.1, 0.15) is 17.8 Å². The first-order chi connectivity index (χ1) is 19.8. The number of rotatable bonds is 8. The van der Waals surface area contributed by atoms with Crippen LogP contribution in [0.3, 0.4) is 0 Å². The quantitative estimate of drug-likeness (QED) is 0.440. The van der Waals surface area contributed by atoms with Crippen LogP contribution in [0, 0.1) is 17.6 Å². The van der Waals surface area contributed by atoms with E-state index in [0.29, 0.717) is 37.4 Å². The topological polar surface area (TPSA) is 103 Å². The van der Waals surface area contributed by atoms with Gasteiger partial charge in [-0.25, -0.2) is 8.78 Å². The summed E-state index contributed by atoms with van der Waals surface area (Å²) in [4.78, 5) is 45.0. The maximum absolute atomic E-state index is 14.3. The molecule has 3 aliphatic heterocycles. The van der Waals surface area contributed by atoms with Crippen molar-refractivity contribution in [2.45, 2.75) is 88.4 Å². The zero-order valence-corrected chi connectivity index (χ0v) is 24.1. The number of nitrogens with zero attached hydrogens (tertiary/aromatic N) is 2. The van der Waals surface area contributed by atoms with E-state index in [1.54, 1.807) is 18.9 Å². The van der Waals surface area contributed by atoms with Gasteiger partial charge in [0.05, 0.1) is 12.6 Å². The first-order valence-electron chi connectivity index (χ1n) is 15.2. The van der Waals surface area contributed by atoms with Crippen LogP contribution < -0.4 is 20.7 Å². The number of hydrogen-bond acceptors (Lipinski definition) is 6. The van der Waals surface area contributed by atoms with E-state index in [1.165, 1.54) is 0 Å². The predicted molar refractivity (Wildman–Crippen MR) is 149 cm³/mol. The van der Waals surface area contributed by atoms with Gasteiger partial charge in [-0.15, -0.1) is 0 Å². The number of piperazine rings is 1. The molecule has 0 radical (unpaired) electrons. The van der Waals surface area contributed by atoms with Crippen LogP contribution in [0.25, 0.3) is 0 Å². The third-order valence-corrected chi connectivity index (χ3v) is 9.53. The predicted octanol–water partition coefficient (Wildman–Crippen LogP) is 2.30. The van der Waals surface area contributed by atoms with E-state index in [4.69, 9.17) is 4.74 Å². The zero-order chi connectivity index (χ0) is 29.1. The molecule has 1 aromatic rings. The third kappa shape index (κ3) is 6.51. The molecule has 226 valence electrons. The van der Waals surface area contributed by atoms with Crippen molar-refractivity contribution < 1.29 is 27.9 Å². The molecule has 9 nitrogen and oxygen atoms in total. The lowest BCUT2D eigenvalue weighted by molar-refractivity contribution is -0.149. The minimum Gasteiger partial charge on any atom is -0.493 e. The molecule has 1 saturated carbocycles. The van der Waals surface area contributed by atoms with Crippen molar-refractivity contribution in [3.8, 4) is 5.75 Å². The summed E-state index contributed by atoms with van der Waals surface area (Å²) in [6.45, 7) is 4.10. The van der Waals surface area contributed by atoms with Gasteiger partial charge in [0.2, 0.25) is 17.7 Å². The van der Waals surface area contributed by atoms with E-state index < -0.39 is 29.8 Å². The fourth-order valence-electron chi connectivity index (χ4n) is 6.93. The number of hydrogen-bond donors (Lipinski definition) is 3. The lowest BCUT2D eigenvalue weighted by Gasteiger charge is -2.45. The highest BCUT2D eigenvalue weighted by Gasteiger charge is 2.45. The summed E-state index contributed by atoms with van der Waals surface area (Å²) in [6.07, 6.45) is 7.43. The molecule has 11 heteroatoms.